The van der Waals surface area contributed by atoms with Crippen LogP contribution in [-0.2, 0) is 14.2 Å². The highest BCUT2D eigenvalue weighted by Gasteiger charge is 2.28. The van der Waals surface area contributed by atoms with E-state index in [-0.39, 0.29) is 41.4 Å². The second-order valence-electron chi connectivity index (χ2n) is 6.48. The van der Waals surface area contributed by atoms with Crippen molar-refractivity contribution >= 4 is 39.7 Å². The van der Waals surface area contributed by atoms with Crippen molar-refractivity contribution in [3.05, 3.63) is 29.1 Å². The highest BCUT2D eigenvalue weighted by atomic mass is 16.5. The summed E-state index contributed by atoms with van der Waals surface area (Å²) < 4.78 is 26.5. The zero-order valence-corrected chi connectivity index (χ0v) is 18.5. The molecule has 0 amide bonds. The van der Waals surface area contributed by atoms with Gasteiger partial charge in [0.1, 0.15) is 11.4 Å². The van der Waals surface area contributed by atoms with E-state index < -0.39 is 17.9 Å². The van der Waals surface area contributed by atoms with Crippen molar-refractivity contribution in [3.8, 4) is 11.5 Å². The van der Waals surface area contributed by atoms with Crippen LogP contribution in [0.3, 0.4) is 0 Å². The summed E-state index contributed by atoms with van der Waals surface area (Å²) in [6.45, 7) is 6.00. The van der Waals surface area contributed by atoms with Crippen LogP contribution in [0.15, 0.2) is 12.1 Å². The van der Waals surface area contributed by atoms with Gasteiger partial charge in [-0.25, -0.2) is 19.4 Å². The molecule has 0 bridgehead atoms. The molecule has 10 nitrogen and oxygen atoms in total. The summed E-state index contributed by atoms with van der Waals surface area (Å²) >= 11 is 0. The maximum atomic E-state index is 12.7. The molecule has 0 radical (unpaired) electrons. The molecule has 32 heavy (non-hydrogen) atoms. The van der Waals surface area contributed by atoms with E-state index in [0.717, 1.165) is 0 Å². The molecule has 3 aromatic rings. The molecule has 0 atom stereocenters. The van der Waals surface area contributed by atoms with E-state index in [2.05, 4.69) is 9.97 Å². The highest BCUT2D eigenvalue weighted by Crippen LogP contribution is 2.44. The van der Waals surface area contributed by atoms with Crippen molar-refractivity contribution in [1.82, 2.24) is 9.97 Å². The molecule has 0 unspecified atom stereocenters. The third-order valence-electron chi connectivity index (χ3n) is 4.62. The highest BCUT2D eigenvalue weighted by molar-refractivity contribution is 6.20. The van der Waals surface area contributed by atoms with Crippen LogP contribution in [0.5, 0.6) is 11.5 Å². The Labute approximate surface area is 183 Å². The summed E-state index contributed by atoms with van der Waals surface area (Å²) in [5, 5.41) is 0.761. The van der Waals surface area contributed by atoms with E-state index in [4.69, 9.17) is 23.7 Å². The molecule has 1 aromatic carbocycles. The van der Waals surface area contributed by atoms with Crippen LogP contribution in [0.4, 0.5) is 0 Å². The summed E-state index contributed by atoms with van der Waals surface area (Å²) in [7, 11) is 2.45. The summed E-state index contributed by atoms with van der Waals surface area (Å²) in [6, 6.07) is 2.84. The number of aromatic nitrogens is 2. The Morgan fingerprint density at radius 3 is 2.12 bits per heavy atom. The molecule has 170 valence electrons. The van der Waals surface area contributed by atoms with Crippen LogP contribution in [0, 0.1) is 0 Å². The molecule has 0 aliphatic carbocycles. The Bertz CT molecular complexity index is 1200. The largest absolute Gasteiger partial charge is 0.489 e. The first kappa shape index (κ1) is 22.9. The number of H-pyrrole nitrogens is 1. The Morgan fingerprint density at radius 1 is 0.875 bits per heavy atom. The van der Waals surface area contributed by atoms with Gasteiger partial charge in [0.25, 0.3) is 0 Å². The van der Waals surface area contributed by atoms with Gasteiger partial charge in [0, 0.05) is 10.8 Å². The predicted molar refractivity (Wildman–Crippen MR) is 115 cm³/mol. The van der Waals surface area contributed by atoms with Crippen molar-refractivity contribution in [2.45, 2.75) is 20.8 Å². The quantitative estimate of drug-likeness (QED) is 0.411. The molecule has 0 aliphatic heterocycles. The average molecular weight is 444 g/mol. The van der Waals surface area contributed by atoms with Gasteiger partial charge in [0.05, 0.1) is 50.6 Å². The van der Waals surface area contributed by atoms with E-state index in [1.54, 1.807) is 20.8 Å². The third kappa shape index (κ3) is 3.91. The fraction of sp³-hybridized carbons (Fsp3) is 0.364. The minimum atomic E-state index is -0.706. The van der Waals surface area contributed by atoms with Crippen molar-refractivity contribution < 1.29 is 38.1 Å². The standard InChI is InChI=1S/C22H24N2O8/c1-6-30-18-12-10-14(22(27)32-8-3)23-16(12)15-11(20(25)28-4)9-13(21(26)29-5)24-17(15)19(18)31-7-2/h9-10,24H,6-8H2,1-5H3. The molecule has 0 saturated heterocycles. The number of fused-ring (bicyclic) bond motifs is 3. The van der Waals surface area contributed by atoms with Crippen LogP contribution in [-0.4, -0.2) is 61.9 Å². The summed E-state index contributed by atoms with van der Waals surface area (Å²) in [4.78, 5) is 44.7. The fourth-order valence-electron chi connectivity index (χ4n) is 3.39. The van der Waals surface area contributed by atoms with Crippen LogP contribution in [0.2, 0.25) is 0 Å². The monoisotopic (exact) mass is 444 g/mol. The number of hydrogen-bond donors (Lipinski definition) is 1. The molecule has 2 heterocycles. The van der Waals surface area contributed by atoms with Crippen molar-refractivity contribution in [1.29, 1.82) is 0 Å². The Hall–Kier alpha value is -3.82. The minimum absolute atomic E-state index is 0.000300. The number of esters is 3. The number of nitrogens with one attached hydrogen (secondary N) is 1. The van der Waals surface area contributed by atoms with Gasteiger partial charge in [-0.05, 0) is 32.9 Å². The maximum absolute atomic E-state index is 12.7. The fourth-order valence-corrected chi connectivity index (χ4v) is 3.39. The molecular formula is C22H24N2O8. The number of carbonyl (C=O) groups excluding carboxylic acids is 3. The van der Waals surface area contributed by atoms with E-state index in [9.17, 15) is 14.4 Å². The number of nitrogens with zero attached hydrogens (tertiary/aromatic N) is 1. The minimum Gasteiger partial charge on any atom is -0.489 e. The summed E-state index contributed by atoms with van der Waals surface area (Å²) in [6.07, 6.45) is 0. The van der Waals surface area contributed by atoms with Crippen LogP contribution in [0.25, 0.3) is 21.8 Å². The molecule has 0 saturated carbocycles. The lowest BCUT2D eigenvalue weighted by atomic mass is 10.0. The molecule has 1 N–H and O–H groups in total. The first-order valence-electron chi connectivity index (χ1n) is 10.0. The van der Waals surface area contributed by atoms with E-state index in [1.807, 2.05) is 0 Å². The second kappa shape index (κ2) is 9.54. The van der Waals surface area contributed by atoms with Gasteiger partial charge >= 0.3 is 17.9 Å². The first-order chi connectivity index (χ1) is 15.4. The third-order valence-corrected chi connectivity index (χ3v) is 4.62. The van der Waals surface area contributed by atoms with Gasteiger partial charge in [-0.2, -0.15) is 0 Å². The van der Waals surface area contributed by atoms with Gasteiger partial charge in [0.2, 0.25) is 0 Å². The zero-order valence-electron chi connectivity index (χ0n) is 18.5. The van der Waals surface area contributed by atoms with Crippen LogP contribution < -0.4 is 9.47 Å². The molecule has 0 aliphatic rings. The number of carbonyl (C=O) groups is 3. The summed E-state index contributed by atoms with van der Waals surface area (Å²) in [5.74, 6) is -1.44. The average Bonchev–Trinajstić information content (AvgIpc) is 3.25. The van der Waals surface area contributed by atoms with E-state index >= 15 is 0 Å². The number of ether oxygens (including phenoxy) is 5. The number of benzene rings is 1. The molecule has 3 rings (SSSR count). The lowest BCUT2D eigenvalue weighted by Gasteiger charge is -2.17. The number of aromatic amines is 1. The smallest absolute Gasteiger partial charge is 0.356 e. The van der Waals surface area contributed by atoms with Crippen molar-refractivity contribution in [2.24, 2.45) is 0 Å². The normalized spacial score (nSPS) is 10.8. The van der Waals surface area contributed by atoms with E-state index in [0.29, 0.717) is 28.6 Å². The van der Waals surface area contributed by atoms with Crippen LogP contribution >= 0.6 is 0 Å². The van der Waals surface area contributed by atoms with Gasteiger partial charge < -0.3 is 28.7 Å². The molecule has 0 spiro atoms. The van der Waals surface area contributed by atoms with Gasteiger partial charge in [-0.1, -0.05) is 0 Å². The SMILES string of the molecule is CCOC(=O)c1cc2c(OCC)c(OCC)c3[nH]c(C(=O)OC)cc(C(=O)OC)c3c2n1. The number of rotatable bonds is 8. The van der Waals surface area contributed by atoms with Gasteiger partial charge in [0.15, 0.2) is 11.5 Å². The Balaban J connectivity index is 2.55. The molecule has 0 fully saturated rings. The lowest BCUT2D eigenvalue weighted by molar-refractivity contribution is 0.0518. The molecular weight excluding hydrogens is 420 g/mol. The maximum Gasteiger partial charge on any atom is 0.356 e. The van der Waals surface area contributed by atoms with Gasteiger partial charge in [-0.3, -0.25) is 0 Å². The Kier molecular flexibility index (Phi) is 6.82. The number of methoxy groups -OCH3 is 2. The predicted octanol–water partition coefficient (Wildman–Crippen LogP) is 3.26. The molecule has 10 heteroatoms. The number of hydrogen-bond acceptors (Lipinski definition) is 9. The van der Waals surface area contributed by atoms with Crippen LogP contribution in [0.1, 0.15) is 52.1 Å². The summed E-state index contributed by atoms with van der Waals surface area (Å²) in [5.41, 5.74) is 0.665. The van der Waals surface area contributed by atoms with Gasteiger partial charge in [-0.15, -0.1) is 0 Å². The topological polar surface area (TPSA) is 126 Å². The van der Waals surface area contributed by atoms with E-state index in [1.165, 1.54) is 26.4 Å². The van der Waals surface area contributed by atoms with Crippen molar-refractivity contribution in [2.75, 3.05) is 34.0 Å². The zero-order chi connectivity index (χ0) is 23.4. The number of pyridine rings is 1. The molecule has 2 aromatic heterocycles. The Morgan fingerprint density at radius 2 is 1.53 bits per heavy atom. The lowest BCUT2D eigenvalue weighted by Crippen LogP contribution is -2.11. The second-order valence-corrected chi connectivity index (χ2v) is 6.48. The van der Waals surface area contributed by atoms with Crippen molar-refractivity contribution in [3.63, 3.8) is 0 Å². The first-order valence-corrected chi connectivity index (χ1v) is 10.0.